The van der Waals surface area contributed by atoms with Crippen LogP contribution in [0.15, 0.2) is 42.5 Å². The summed E-state index contributed by atoms with van der Waals surface area (Å²) < 4.78 is 0. The predicted octanol–water partition coefficient (Wildman–Crippen LogP) is 4.29. The highest BCUT2D eigenvalue weighted by molar-refractivity contribution is 6.42. The second-order valence-corrected chi connectivity index (χ2v) is 5.37. The van der Waals surface area contributed by atoms with Gasteiger partial charge in [-0.1, -0.05) is 65.1 Å². The Bertz CT molecular complexity index is 609. The maximum absolute atomic E-state index is 12.1. The molecule has 0 aliphatic rings. The Kier molecular flexibility index (Phi) is 4.89. The zero-order valence-electron chi connectivity index (χ0n) is 10.2. The Balaban J connectivity index is 2.20. The summed E-state index contributed by atoms with van der Waals surface area (Å²) in [6.45, 7) is 0. The van der Waals surface area contributed by atoms with Gasteiger partial charge >= 0.3 is 0 Å². The molecule has 104 valence electrons. The highest BCUT2D eigenvalue weighted by atomic mass is 35.5. The molecule has 1 atom stereocenters. The number of carbonyl (C=O) groups excluding carboxylic acids is 1. The lowest BCUT2D eigenvalue weighted by Crippen LogP contribution is -2.27. The molecule has 0 saturated heterocycles. The van der Waals surface area contributed by atoms with Crippen molar-refractivity contribution in [2.45, 2.75) is 6.04 Å². The molecule has 0 radical (unpaired) electrons. The summed E-state index contributed by atoms with van der Waals surface area (Å²) in [7, 11) is 0. The lowest BCUT2D eigenvalue weighted by molar-refractivity contribution is -0.117. The van der Waals surface area contributed by atoms with Crippen molar-refractivity contribution in [2.24, 2.45) is 5.73 Å². The maximum atomic E-state index is 12.1. The number of halogens is 3. The summed E-state index contributed by atoms with van der Waals surface area (Å²) in [5.74, 6) is -0.401. The minimum absolute atomic E-state index is 0.260. The van der Waals surface area contributed by atoms with Crippen LogP contribution in [-0.2, 0) is 4.79 Å². The first kappa shape index (κ1) is 15.1. The lowest BCUT2D eigenvalue weighted by atomic mass is 10.1. The van der Waals surface area contributed by atoms with Gasteiger partial charge in [-0.2, -0.15) is 0 Å². The Labute approximate surface area is 131 Å². The number of amides is 1. The first-order chi connectivity index (χ1) is 9.49. The first-order valence-corrected chi connectivity index (χ1v) is 6.88. The molecule has 3 N–H and O–H groups in total. The molecule has 0 aromatic heterocycles. The van der Waals surface area contributed by atoms with Gasteiger partial charge in [0.25, 0.3) is 0 Å². The molecule has 0 bridgehead atoms. The SMILES string of the molecule is N[C@@H](C(=O)Nc1c(Cl)cc(Cl)cc1Cl)c1ccccc1. The fourth-order valence-corrected chi connectivity index (χ4v) is 2.59. The molecule has 2 aromatic rings. The van der Waals surface area contributed by atoms with E-state index >= 15 is 0 Å². The molecule has 2 rings (SSSR count). The van der Waals surface area contributed by atoms with Gasteiger partial charge in [0.1, 0.15) is 6.04 Å². The summed E-state index contributed by atoms with van der Waals surface area (Å²) >= 11 is 17.8. The maximum Gasteiger partial charge on any atom is 0.245 e. The Hall–Kier alpha value is -1.26. The molecular weight excluding hydrogens is 319 g/mol. The zero-order valence-corrected chi connectivity index (χ0v) is 12.5. The minimum atomic E-state index is -0.806. The van der Waals surface area contributed by atoms with E-state index in [1.807, 2.05) is 18.2 Å². The lowest BCUT2D eigenvalue weighted by Gasteiger charge is -2.14. The van der Waals surface area contributed by atoms with Crippen molar-refractivity contribution in [3.05, 3.63) is 63.1 Å². The molecule has 1 amide bonds. The van der Waals surface area contributed by atoms with Crippen molar-refractivity contribution in [3.8, 4) is 0 Å². The van der Waals surface area contributed by atoms with Crippen LogP contribution in [-0.4, -0.2) is 5.91 Å². The van der Waals surface area contributed by atoms with Crippen molar-refractivity contribution in [1.29, 1.82) is 0 Å². The predicted molar refractivity (Wildman–Crippen MR) is 83.5 cm³/mol. The largest absolute Gasteiger partial charge is 0.322 e. The molecular formula is C14H11Cl3N2O. The molecule has 3 nitrogen and oxygen atoms in total. The van der Waals surface area contributed by atoms with Crippen LogP contribution in [0.2, 0.25) is 15.1 Å². The monoisotopic (exact) mass is 328 g/mol. The van der Waals surface area contributed by atoms with E-state index in [1.165, 1.54) is 12.1 Å². The number of anilines is 1. The second-order valence-electron chi connectivity index (χ2n) is 4.12. The topological polar surface area (TPSA) is 55.1 Å². The Morgan fingerprint density at radius 3 is 2.15 bits per heavy atom. The van der Waals surface area contributed by atoms with Gasteiger partial charge in [0.15, 0.2) is 0 Å². The fourth-order valence-electron chi connectivity index (χ4n) is 1.67. The Morgan fingerprint density at radius 1 is 1.05 bits per heavy atom. The number of hydrogen-bond donors (Lipinski definition) is 2. The van der Waals surface area contributed by atoms with Gasteiger partial charge in [0.05, 0.1) is 15.7 Å². The molecule has 0 saturated carbocycles. The van der Waals surface area contributed by atoms with Gasteiger partial charge in [-0.3, -0.25) is 4.79 Å². The van der Waals surface area contributed by atoms with Gasteiger partial charge in [0, 0.05) is 5.02 Å². The van der Waals surface area contributed by atoms with E-state index in [-0.39, 0.29) is 10.0 Å². The quantitative estimate of drug-likeness (QED) is 0.883. The zero-order chi connectivity index (χ0) is 14.7. The number of hydrogen-bond acceptors (Lipinski definition) is 2. The third-order valence-corrected chi connectivity index (χ3v) is 3.51. The van der Waals surface area contributed by atoms with E-state index in [0.717, 1.165) is 0 Å². The highest BCUT2D eigenvalue weighted by Gasteiger charge is 2.18. The van der Waals surface area contributed by atoms with Gasteiger partial charge in [0.2, 0.25) is 5.91 Å². The smallest absolute Gasteiger partial charge is 0.245 e. The van der Waals surface area contributed by atoms with Gasteiger partial charge in [-0.05, 0) is 17.7 Å². The van der Waals surface area contributed by atoms with Crippen LogP contribution in [0.25, 0.3) is 0 Å². The molecule has 2 aromatic carbocycles. The summed E-state index contributed by atoms with van der Waals surface area (Å²) in [6, 6.07) is 11.2. The molecule has 20 heavy (non-hydrogen) atoms. The van der Waals surface area contributed by atoms with Crippen molar-refractivity contribution >= 4 is 46.4 Å². The van der Waals surface area contributed by atoms with Crippen LogP contribution in [0.5, 0.6) is 0 Å². The van der Waals surface area contributed by atoms with Crippen molar-refractivity contribution in [2.75, 3.05) is 5.32 Å². The molecule has 0 fully saturated rings. The number of rotatable bonds is 3. The molecule has 0 heterocycles. The number of benzene rings is 2. The standard InChI is InChI=1S/C14H11Cl3N2O/c15-9-6-10(16)13(11(17)7-9)19-14(20)12(18)8-4-2-1-3-5-8/h1-7,12H,18H2,(H,19,20)/t12-/m1/s1. The average Bonchev–Trinajstić information content (AvgIpc) is 2.42. The second kappa shape index (κ2) is 6.46. The van der Waals surface area contributed by atoms with Gasteiger partial charge in [-0.15, -0.1) is 0 Å². The van der Waals surface area contributed by atoms with Crippen LogP contribution in [0.1, 0.15) is 11.6 Å². The van der Waals surface area contributed by atoms with E-state index in [9.17, 15) is 4.79 Å². The third-order valence-electron chi connectivity index (χ3n) is 2.70. The Morgan fingerprint density at radius 2 is 1.60 bits per heavy atom. The molecule has 0 unspecified atom stereocenters. The van der Waals surface area contributed by atoms with E-state index in [1.54, 1.807) is 12.1 Å². The molecule has 0 aliphatic heterocycles. The molecule has 6 heteroatoms. The summed E-state index contributed by atoms with van der Waals surface area (Å²) in [5, 5.41) is 3.53. The van der Waals surface area contributed by atoms with Crippen LogP contribution in [0.3, 0.4) is 0 Å². The van der Waals surface area contributed by atoms with E-state index < -0.39 is 11.9 Å². The number of nitrogens with one attached hydrogen (secondary N) is 1. The van der Waals surface area contributed by atoms with Gasteiger partial charge < -0.3 is 11.1 Å². The van der Waals surface area contributed by atoms with Gasteiger partial charge in [-0.25, -0.2) is 0 Å². The minimum Gasteiger partial charge on any atom is -0.322 e. The summed E-state index contributed by atoms with van der Waals surface area (Å²) in [6.07, 6.45) is 0. The average molecular weight is 330 g/mol. The van der Waals surface area contributed by atoms with E-state index in [4.69, 9.17) is 40.5 Å². The van der Waals surface area contributed by atoms with Crippen LogP contribution >= 0.6 is 34.8 Å². The number of nitrogens with two attached hydrogens (primary N) is 1. The van der Waals surface area contributed by atoms with Crippen LogP contribution in [0.4, 0.5) is 5.69 Å². The van der Waals surface area contributed by atoms with Crippen LogP contribution in [0, 0.1) is 0 Å². The highest BCUT2D eigenvalue weighted by Crippen LogP contribution is 2.34. The number of carbonyl (C=O) groups is 1. The fraction of sp³-hybridized carbons (Fsp3) is 0.0714. The summed E-state index contributed by atoms with van der Waals surface area (Å²) in [4.78, 5) is 12.1. The van der Waals surface area contributed by atoms with Crippen molar-refractivity contribution < 1.29 is 4.79 Å². The van der Waals surface area contributed by atoms with E-state index in [2.05, 4.69) is 5.32 Å². The van der Waals surface area contributed by atoms with Crippen LogP contribution < -0.4 is 11.1 Å². The normalized spacial score (nSPS) is 12.0. The first-order valence-electron chi connectivity index (χ1n) is 5.75. The summed E-state index contributed by atoms with van der Waals surface area (Å²) in [5.41, 5.74) is 6.89. The molecule has 0 aliphatic carbocycles. The van der Waals surface area contributed by atoms with Crippen molar-refractivity contribution in [3.63, 3.8) is 0 Å². The van der Waals surface area contributed by atoms with E-state index in [0.29, 0.717) is 16.3 Å². The molecule has 0 spiro atoms. The third kappa shape index (κ3) is 3.44. The van der Waals surface area contributed by atoms with Crippen molar-refractivity contribution in [1.82, 2.24) is 0 Å².